The van der Waals surface area contributed by atoms with Gasteiger partial charge >= 0.3 is 6.03 Å². The number of rotatable bonds is 6. The van der Waals surface area contributed by atoms with Crippen molar-refractivity contribution < 1.29 is 4.79 Å². The van der Waals surface area contributed by atoms with Gasteiger partial charge in [-0.2, -0.15) is 0 Å². The van der Waals surface area contributed by atoms with Crippen molar-refractivity contribution in [3.8, 4) is 0 Å². The molecule has 0 radical (unpaired) electrons. The van der Waals surface area contributed by atoms with Crippen LogP contribution in [0.4, 0.5) is 21.9 Å². The zero-order chi connectivity index (χ0) is 18.4. The summed E-state index contributed by atoms with van der Waals surface area (Å²) >= 11 is 1.77. The predicted octanol–water partition coefficient (Wildman–Crippen LogP) is 4.47. The molecule has 2 amide bonds. The van der Waals surface area contributed by atoms with Gasteiger partial charge in [0.05, 0.1) is 0 Å². The quantitative estimate of drug-likeness (QED) is 0.447. The largest absolute Gasteiger partial charge is 0.388 e. The first-order valence-corrected chi connectivity index (χ1v) is 9.38. The molecule has 0 saturated carbocycles. The summed E-state index contributed by atoms with van der Waals surface area (Å²) in [6.45, 7) is 2.27. The van der Waals surface area contributed by atoms with Gasteiger partial charge in [0, 0.05) is 53.9 Å². The number of anilines is 3. The number of benzene rings is 2. The summed E-state index contributed by atoms with van der Waals surface area (Å²) in [5.41, 5.74) is 2.97. The molecule has 1 heterocycles. The van der Waals surface area contributed by atoms with Crippen LogP contribution in [0.25, 0.3) is 0 Å². The maximum absolute atomic E-state index is 12.2. The van der Waals surface area contributed by atoms with Crippen LogP contribution in [0.2, 0.25) is 0 Å². The molecule has 26 heavy (non-hydrogen) atoms. The van der Waals surface area contributed by atoms with Crippen molar-refractivity contribution in [3.05, 3.63) is 48.0 Å². The van der Waals surface area contributed by atoms with Gasteiger partial charge in [0.25, 0.3) is 0 Å². The fraction of sp³-hybridized carbons (Fsp3) is 0.263. The summed E-state index contributed by atoms with van der Waals surface area (Å²) in [7, 11) is 1.79. The third-order valence-electron chi connectivity index (χ3n) is 4.15. The van der Waals surface area contributed by atoms with Gasteiger partial charge in [0.1, 0.15) is 0 Å². The molecule has 1 aliphatic rings. The standard InChI is InChI=1S/C19H23N5OS/c1-21-18-12-16(5-4-14(18)13-20)23-19(25)22-15-6-8-17(9-7-15)26-24-10-2-3-11-24/h4-9,12-13,20-21H,2-3,10-11H2,1H3,(H2,22,23,25). The number of nitrogens with zero attached hydrogens (tertiary/aromatic N) is 1. The van der Waals surface area contributed by atoms with Crippen LogP contribution in [0.1, 0.15) is 18.4 Å². The van der Waals surface area contributed by atoms with Crippen molar-refractivity contribution in [2.45, 2.75) is 17.7 Å². The Morgan fingerprint density at radius 3 is 2.38 bits per heavy atom. The Bertz CT molecular complexity index is 772. The Morgan fingerprint density at radius 1 is 1.08 bits per heavy atom. The van der Waals surface area contributed by atoms with Crippen LogP contribution in [0.5, 0.6) is 0 Å². The topological polar surface area (TPSA) is 80.2 Å². The average Bonchev–Trinajstić information content (AvgIpc) is 3.16. The highest BCUT2D eigenvalue weighted by Crippen LogP contribution is 2.27. The first-order valence-electron chi connectivity index (χ1n) is 8.61. The zero-order valence-corrected chi connectivity index (χ0v) is 15.5. The number of carbonyl (C=O) groups excluding carboxylic acids is 1. The molecule has 0 bridgehead atoms. The van der Waals surface area contributed by atoms with Crippen molar-refractivity contribution >= 4 is 41.3 Å². The average molecular weight is 369 g/mol. The lowest BCUT2D eigenvalue weighted by molar-refractivity contribution is 0.262. The number of hydrogen-bond acceptors (Lipinski definition) is 5. The number of carbonyl (C=O) groups is 1. The normalized spacial score (nSPS) is 14.0. The van der Waals surface area contributed by atoms with Gasteiger partial charge in [-0.05, 0) is 67.3 Å². The third-order valence-corrected chi connectivity index (χ3v) is 5.25. The van der Waals surface area contributed by atoms with E-state index >= 15 is 0 Å². The van der Waals surface area contributed by atoms with Crippen molar-refractivity contribution in [2.75, 3.05) is 36.1 Å². The van der Waals surface area contributed by atoms with Gasteiger partial charge in [-0.1, -0.05) is 0 Å². The molecule has 1 aliphatic heterocycles. The highest BCUT2D eigenvalue weighted by Gasteiger charge is 2.12. The second kappa shape index (κ2) is 8.73. The highest BCUT2D eigenvalue weighted by molar-refractivity contribution is 7.97. The SMILES string of the molecule is CNc1cc(NC(=O)Nc2ccc(SN3CCCC3)cc2)ccc1C=N. The van der Waals surface area contributed by atoms with E-state index in [4.69, 9.17) is 5.41 Å². The molecule has 3 rings (SSSR count). The van der Waals surface area contributed by atoms with Crippen LogP contribution in [0.15, 0.2) is 47.4 Å². The molecular formula is C19H23N5OS. The molecule has 0 aromatic heterocycles. The molecule has 6 nitrogen and oxygen atoms in total. The fourth-order valence-corrected chi connectivity index (χ4v) is 3.79. The lowest BCUT2D eigenvalue weighted by Gasteiger charge is -2.14. The summed E-state index contributed by atoms with van der Waals surface area (Å²) in [6.07, 6.45) is 3.81. The second-order valence-electron chi connectivity index (χ2n) is 6.03. The van der Waals surface area contributed by atoms with E-state index in [1.54, 1.807) is 37.2 Å². The zero-order valence-electron chi connectivity index (χ0n) is 14.7. The first-order chi connectivity index (χ1) is 12.7. The van der Waals surface area contributed by atoms with Gasteiger partial charge in [-0.3, -0.25) is 0 Å². The van der Waals surface area contributed by atoms with E-state index in [2.05, 4.69) is 20.3 Å². The highest BCUT2D eigenvalue weighted by atomic mass is 32.2. The van der Waals surface area contributed by atoms with Crippen LogP contribution in [0, 0.1) is 5.41 Å². The smallest absolute Gasteiger partial charge is 0.323 e. The summed E-state index contributed by atoms with van der Waals surface area (Å²) < 4.78 is 2.37. The molecular weight excluding hydrogens is 346 g/mol. The Kier molecular flexibility index (Phi) is 6.14. The fourth-order valence-electron chi connectivity index (χ4n) is 2.80. The molecule has 0 spiro atoms. The molecule has 1 saturated heterocycles. The van der Waals surface area contributed by atoms with Gasteiger partial charge in [-0.15, -0.1) is 0 Å². The number of hydrogen-bond donors (Lipinski definition) is 4. The number of nitrogens with one attached hydrogen (secondary N) is 4. The van der Waals surface area contributed by atoms with Gasteiger partial charge < -0.3 is 21.4 Å². The molecule has 2 aromatic carbocycles. The maximum atomic E-state index is 12.2. The van der Waals surface area contributed by atoms with Crippen molar-refractivity contribution in [1.29, 1.82) is 5.41 Å². The van der Waals surface area contributed by atoms with E-state index in [1.165, 1.54) is 24.0 Å². The summed E-state index contributed by atoms with van der Waals surface area (Å²) in [6, 6.07) is 12.9. The number of amides is 2. The minimum Gasteiger partial charge on any atom is -0.388 e. The summed E-state index contributed by atoms with van der Waals surface area (Å²) in [4.78, 5) is 13.4. The van der Waals surface area contributed by atoms with E-state index in [0.717, 1.165) is 30.0 Å². The Hall–Kier alpha value is -2.51. The van der Waals surface area contributed by atoms with E-state index < -0.39 is 0 Å². The second-order valence-corrected chi connectivity index (χ2v) is 7.20. The Labute approximate surface area is 158 Å². The molecule has 0 aliphatic carbocycles. The van der Waals surface area contributed by atoms with Gasteiger partial charge in [0.2, 0.25) is 0 Å². The van der Waals surface area contributed by atoms with Crippen molar-refractivity contribution in [1.82, 2.24) is 4.31 Å². The Balaban J connectivity index is 1.56. The van der Waals surface area contributed by atoms with Crippen LogP contribution >= 0.6 is 11.9 Å². The molecule has 7 heteroatoms. The van der Waals surface area contributed by atoms with Gasteiger partial charge in [0.15, 0.2) is 0 Å². The molecule has 0 unspecified atom stereocenters. The number of urea groups is 1. The third kappa shape index (κ3) is 4.77. The van der Waals surface area contributed by atoms with Gasteiger partial charge in [-0.25, -0.2) is 9.10 Å². The molecule has 0 atom stereocenters. The van der Waals surface area contributed by atoms with E-state index in [9.17, 15) is 4.79 Å². The predicted molar refractivity (Wildman–Crippen MR) is 110 cm³/mol. The Morgan fingerprint density at radius 2 is 1.73 bits per heavy atom. The first kappa shape index (κ1) is 18.3. The van der Waals surface area contributed by atoms with Crippen molar-refractivity contribution in [2.24, 2.45) is 0 Å². The molecule has 136 valence electrons. The van der Waals surface area contributed by atoms with Crippen LogP contribution in [-0.2, 0) is 0 Å². The monoisotopic (exact) mass is 369 g/mol. The minimum atomic E-state index is -0.297. The van der Waals surface area contributed by atoms with Crippen LogP contribution < -0.4 is 16.0 Å². The minimum absolute atomic E-state index is 0.297. The van der Waals surface area contributed by atoms with Crippen molar-refractivity contribution in [3.63, 3.8) is 0 Å². The summed E-state index contributed by atoms with van der Waals surface area (Å²) in [5.74, 6) is 0. The summed E-state index contributed by atoms with van der Waals surface area (Å²) in [5, 5.41) is 16.0. The lowest BCUT2D eigenvalue weighted by Crippen LogP contribution is -2.19. The molecule has 4 N–H and O–H groups in total. The van der Waals surface area contributed by atoms with E-state index in [0.29, 0.717) is 5.69 Å². The maximum Gasteiger partial charge on any atom is 0.323 e. The van der Waals surface area contributed by atoms with E-state index in [-0.39, 0.29) is 6.03 Å². The molecule has 1 fully saturated rings. The van der Waals surface area contributed by atoms with Crippen LogP contribution in [0.3, 0.4) is 0 Å². The lowest BCUT2D eigenvalue weighted by atomic mass is 10.1. The van der Waals surface area contributed by atoms with E-state index in [1.807, 2.05) is 24.3 Å². The van der Waals surface area contributed by atoms with Crippen LogP contribution in [-0.4, -0.2) is 36.7 Å². The molecule has 2 aromatic rings.